The Kier molecular flexibility index (Phi) is 4.24. The molecule has 2 aliphatic rings. The summed E-state index contributed by atoms with van der Waals surface area (Å²) in [6.07, 6.45) is 8.79. The van der Waals surface area contributed by atoms with E-state index in [2.05, 4.69) is 127 Å². The Hall–Kier alpha value is -4.40. The summed E-state index contributed by atoms with van der Waals surface area (Å²) >= 11 is 0. The molecule has 2 aliphatic carbocycles. The Labute approximate surface area is 216 Å². The van der Waals surface area contributed by atoms with Gasteiger partial charge in [-0.1, -0.05) is 109 Å². The van der Waals surface area contributed by atoms with E-state index in [9.17, 15) is 0 Å². The average molecular weight is 475 g/mol. The van der Waals surface area contributed by atoms with E-state index in [0.29, 0.717) is 0 Å². The number of benzene rings is 5. The standard InChI is InChI=1S/C35H26N2/c1-2-10-28-30(36)20-19-27-22-12-7-8-18-31(22)37(34(27)28)35-26-15-6-5-14-25(26)32-23-13-4-3-11-21(23)24-16-9-17-29(35)33(24)32/h2-20,28,30H,36H2,1H3/b10-2-. The highest BCUT2D eigenvalue weighted by atomic mass is 15.0. The molecule has 1 aromatic heterocycles. The third-order valence-electron chi connectivity index (χ3n) is 8.30. The zero-order valence-corrected chi connectivity index (χ0v) is 20.6. The van der Waals surface area contributed by atoms with E-state index in [0.717, 1.165) is 0 Å². The van der Waals surface area contributed by atoms with Gasteiger partial charge in [-0.25, -0.2) is 0 Å². The minimum absolute atomic E-state index is 0.0703. The number of fused-ring (bicyclic) bond motifs is 8. The van der Waals surface area contributed by atoms with Gasteiger partial charge < -0.3 is 10.3 Å². The summed E-state index contributed by atoms with van der Waals surface area (Å²) in [6, 6.07) is 33.3. The van der Waals surface area contributed by atoms with Crippen LogP contribution in [0.25, 0.3) is 66.5 Å². The van der Waals surface area contributed by atoms with Gasteiger partial charge in [-0.3, -0.25) is 0 Å². The van der Waals surface area contributed by atoms with E-state index >= 15 is 0 Å². The first kappa shape index (κ1) is 20.8. The van der Waals surface area contributed by atoms with Crippen LogP contribution in [0.5, 0.6) is 0 Å². The Morgan fingerprint density at radius 3 is 2.22 bits per heavy atom. The molecule has 2 atom stereocenters. The van der Waals surface area contributed by atoms with E-state index in [4.69, 9.17) is 5.73 Å². The minimum atomic E-state index is -0.0703. The predicted molar refractivity (Wildman–Crippen MR) is 157 cm³/mol. The lowest BCUT2D eigenvalue weighted by molar-refractivity contribution is 0.683. The second kappa shape index (κ2) is 7.55. The molecule has 0 spiro atoms. The summed E-state index contributed by atoms with van der Waals surface area (Å²) in [5.41, 5.74) is 17.1. The van der Waals surface area contributed by atoms with Gasteiger partial charge in [0.25, 0.3) is 0 Å². The third kappa shape index (κ3) is 2.63. The summed E-state index contributed by atoms with van der Waals surface area (Å²) in [5, 5.41) is 6.47. The smallest absolute Gasteiger partial charge is 0.0616 e. The quantitative estimate of drug-likeness (QED) is 0.197. The van der Waals surface area contributed by atoms with Gasteiger partial charge in [0.15, 0.2) is 0 Å². The predicted octanol–water partition coefficient (Wildman–Crippen LogP) is 8.60. The van der Waals surface area contributed by atoms with Crippen LogP contribution >= 0.6 is 0 Å². The Morgan fingerprint density at radius 2 is 1.38 bits per heavy atom. The normalized spacial score (nSPS) is 17.8. The molecule has 0 bridgehead atoms. The van der Waals surface area contributed by atoms with Gasteiger partial charge in [-0.15, -0.1) is 0 Å². The van der Waals surface area contributed by atoms with Gasteiger partial charge in [-0.2, -0.15) is 0 Å². The van der Waals surface area contributed by atoms with Crippen molar-refractivity contribution < 1.29 is 0 Å². The molecule has 0 aliphatic heterocycles. The first-order valence-electron chi connectivity index (χ1n) is 13.1. The molecule has 2 N–H and O–H groups in total. The topological polar surface area (TPSA) is 30.9 Å². The van der Waals surface area contributed by atoms with E-state index in [-0.39, 0.29) is 12.0 Å². The molecule has 37 heavy (non-hydrogen) atoms. The van der Waals surface area contributed by atoms with Crippen molar-refractivity contribution in [2.75, 3.05) is 0 Å². The number of nitrogens with zero attached hydrogens (tertiary/aromatic N) is 1. The Bertz CT molecular complexity index is 1970. The van der Waals surface area contributed by atoms with Crippen molar-refractivity contribution in [3.8, 4) is 27.9 Å². The van der Waals surface area contributed by atoms with Crippen LogP contribution in [0.1, 0.15) is 24.1 Å². The van der Waals surface area contributed by atoms with Crippen molar-refractivity contribution >= 4 is 38.5 Å². The van der Waals surface area contributed by atoms with E-state index in [1.807, 2.05) is 0 Å². The van der Waals surface area contributed by atoms with Gasteiger partial charge in [-0.05, 0) is 40.6 Å². The van der Waals surface area contributed by atoms with E-state index in [1.54, 1.807) is 0 Å². The molecule has 2 unspecified atom stereocenters. The molecule has 8 rings (SSSR count). The second-order valence-electron chi connectivity index (χ2n) is 10.2. The summed E-state index contributed by atoms with van der Waals surface area (Å²) in [6.45, 7) is 2.09. The first-order valence-corrected chi connectivity index (χ1v) is 13.1. The molecule has 5 aromatic carbocycles. The molecule has 0 saturated heterocycles. The van der Waals surface area contributed by atoms with E-state index < -0.39 is 0 Å². The number of hydrogen-bond donors (Lipinski definition) is 1. The van der Waals surface area contributed by atoms with Crippen LogP contribution in [-0.2, 0) is 0 Å². The molecular weight excluding hydrogens is 448 g/mol. The fourth-order valence-corrected chi connectivity index (χ4v) is 6.85. The summed E-state index contributed by atoms with van der Waals surface area (Å²) in [5.74, 6) is 0.0939. The number of para-hydroxylation sites is 1. The number of allylic oxidation sites excluding steroid dienone is 1. The SMILES string of the molecule is C/C=C\C1c2c(c3ccccc3n2-c2c3ccccc3c3c4c(cccc24)-c2ccccc2-3)C=CC1N. The average Bonchev–Trinajstić information content (AvgIpc) is 3.45. The van der Waals surface area contributed by atoms with Crippen LogP contribution in [-0.4, -0.2) is 10.6 Å². The molecule has 0 saturated carbocycles. The van der Waals surface area contributed by atoms with Crippen molar-refractivity contribution in [2.45, 2.75) is 18.9 Å². The van der Waals surface area contributed by atoms with Crippen molar-refractivity contribution in [2.24, 2.45) is 5.73 Å². The second-order valence-corrected chi connectivity index (χ2v) is 10.2. The van der Waals surface area contributed by atoms with Gasteiger partial charge in [0.1, 0.15) is 0 Å². The highest BCUT2D eigenvalue weighted by molar-refractivity contribution is 6.27. The maximum atomic E-state index is 6.74. The van der Waals surface area contributed by atoms with Crippen molar-refractivity contribution in [3.63, 3.8) is 0 Å². The molecule has 0 amide bonds. The van der Waals surface area contributed by atoms with Gasteiger partial charge >= 0.3 is 0 Å². The molecule has 1 heterocycles. The lowest BCUT2D eigenvalue weighted by Gasteiger charge is -2.27. The number of rotatable bonds is 2. The Balaban J connectivity index is 1.62. The van der Waals surface area contributed by atoms with Gasteiger partial charge in [0.2, 0.25) is 0 Å². The number of hydrogen-bond acceptors (Lipinski definition) is 1. The zero-order chi connectivity index (χ0) is 24.7. The molecule has 0 fully saturated rings. The molecule has 2 heteroatoms. The zero-order valence-electron chi connectivity index (χ0n) is 20.6. The van der Waals surface area contributed by atoms with Crippen molar-refractivity contribution in [1.29, 1.82) is 0 Å². The summed E-state index contributed by atoms with van der Waals surface area (Å²) < 4.78 is 2.52. The monoisotopic (exact) mass is 474 g/mol. The van der Waals surface area contributed by atoms with Crippen LogP contribution in [0, 0.1) is 0 Å². The fourth-order valence-electron chi connectivity index (χ4n) is 6.85. The molecule has 6 aromatic rings. The maximum absolute atomic E-state index is 6.74. The van der Waals surface area contributed by atoms with Gasteiger partial charge in [0, 0.05) is 44.8 Å². The van der Waals surface area contributed by atoms with Crippen LogP contribution in [0.3, 0.4) is 0 Å². The van der Waals surface area contributed by atoms with Gasteiger partial charge in [0.05, 0.1) is 11.2 Å². The summed E-state index contributed by atoms with van der Waals surface area (Å²) in [7, 11) is 0. The lowest BCUT2D eigenvalue weighted by atomic mass is 9.87. The van der Waals surface area contributed by atoms with Crippen LogP contribution in [0.4, 0.5) is 0 Å². The highest BCUT2D eigenvalue weighted by Gasteiger charge is 2.32. The Morgan fingerprint density at radius 1 is 0.703 bits per heavy atom. The lowest BCUT2D eigenvalue weighted by Crippen LogP contribution is -2.29. The van der Waals surface area contributed by atoms with Crippen LogP contribution in [0.2, 0.25) is 0 Å². The highest BCUT2D eigenvalue weighted by Crippen LogP contribution is 2.53. The third-order valence-corrected chi connectivity index (χ3v) is 8.30. The van der Waals surface area contributed by atoms with Crippen molar-refractivity contribution in [1.82, 2.24) is 4.57 Å². The minimum Gasteiger partial charge on any atom is -0.324 e. The van der Waals surface area contributed by atoms with Crippen LogP contribution in [0.15, 0.2) is 109 Å². The number of nitrogens with two attached hydrogens (primary N) is 1. The first-order chi connectivity index (χ1) is 18.3. The maximum Gasteiger partial charge on any atom is 0.0616 e. The molecule has 176 valence electrons. The summed E-state index contributed by atoms with van der Waals surface area (Å²) in [4.78, 5) is 0. The van der Waals surface area contributed by atoms with Crippen molar-refractivity contribution in [3.05, 3.63) is 120 Å². The van der Waals surface area contributed by atoms with E-state index in [1.165, 1.54) is 71.6 Å². The van der Waals surface area contributed by atoms with Crippen LogP contribution < -0.4 is 5.73 Å². The molecular formula is C35H26N2. The molecule has 2 nitrogen and oxygen atoms in total. The number of aromatic nitrogens is 1. The largest absolute Gasteiger partial charge is 0.324 e. The fraction of sp³-hybridized carbons (Fsp3) is 0.0857. The molecule has 0 radical (unpaired) electrons.